The van der Waals surface area contributed by atoms with Crippen molar-refractivity contribution in [2.24, 2.45) is 0 Å². The van der Waals surface area contributed by atoms with Crippen LogP contribution in [-0.4, -0.2) is 34.1 Å². The topological polar surface area (TPSA) is 58.9 Å². The highest BCUT2D eigenvalue weighted by Crippen LogP contribution is 2.25. The molecular formula is C17H24N5S+. The van der Waals surface area contributed by atoms with Gasteiger partial charge in [0.1, 0.15) is 6.04 Å². The van der Waals surface area contributed by atoms with Crippen molar-refractivity contribution in [3.63, 3.8) is 0 Å². The summed E-state index contributed by atoms with van der Waals surface area (Å²) >= 11 is 1.47. The Kier molecular flexibility index (Phi) is 6.20. The van der Waals surface area contributed by atoms with Crippen LogP contribution in [0.25, 0.3) is 0 Å². The van der Waals surface area contributed by atoms with Crippen molar-refractivity contribution in [1.29, 1.82) is 5.26 Å². The Labute approximate surface area is 142 Å². The molecule has 2 aromatic rings. The predicted molar refractivity (Wildman–Crippen MR) is 92.3 cm³/mol. The Hall–Kier alpha value is -1.84. The molecule has 0 bridgehead atoms. The van der Waals surface area contributed by atoms with E-state index in [9.17, 15) is 0 Å². The van der Waals surface area contributed by atoms with Crippen molar-refractivity contribution < 1.29 is 4.90 Å². The van der Waals surface area contributed by atoms with Crippen LogP contribution < -0.4 is 4.90 Å². The van der Waals surface area contributed by atoms with E-state index in [1.165, 1.54) is 22.2 Å². The number of rotatable bonds is 7. The third-order valence-corrected chi connectivity index (χ3v) is 4.78. The second kappa shape index (κ2) is 8.14. The molecule has 1 aromatic heterocycles. The van der Waals surface area contributed by atoms with Gasteiger partial charge in [-0.15, -0.1) is 10.2 Å². The van der Waals surface area contributed by atoms with Gasteiger partial charge in [-0.05, 0) is 12.5 Å². The molecule has 5 nitrogen and oxygen atoms in total. The summed E-state index contributed by atoms with van der Waals surface area (Å²) in [7, 11) is 4.28. The van der Waals surface area contributed by atoms with Gasteiger partial charge in [-0.1, -0.05) is 49.0 Å². The van der Waals surface area contributed by atoms with Gasteiger partial charge in [0.05, 0.1) is 32.0 Å². The van der Waals surface area contributed by atoms with Crippen molar-refractivity contribution in [3.05, 3.63) is 41.7 Å². The van der Waals surface area contributed by atoms with E-state index in [2.05, 4.69) is 54.0 Å². The Bertz CT molecular complexity index is 659. The molecule has 1 heterocycles. The van der Waals surface area contributed by atoms with Gasteiger partial charge in [-0.25, -0.2) is 0 Å². The highest BCUT2D eigenvalue weighted by Gasteiger charge is 2.25. The lowest BCUT2D eigenvalue weighted by molar-refractivity contribution is -0.893. The molecule has 0 aliphatic rings. The molecule has 0 saturated carbocycles. The lowest BCUT2D eigenvalue weighted by atomic mass is 10.2. The molecule has 6 heteroatoms. The number of aromatic nitrogens is 3. The first-order valence-electron chi connectivity index (χ1n) is 7.90. The maximum atomic E-state index is 9.09. The number of nitrogens with one attached hydrogen (secondary N) is 1. The van der Waals surface area contributed by atoms with Crippen molar-refractivity contribution in [3.8, 4) is 6.07 Å². The summed E-state index contributed by atoms with van der Waals surface area (Å²) < 4.78 is 2.16. The van der Waals surface area contributed by atoms with Crippen molar-refractivity contribution >= 4 is 11.8 Å². The zero-order valence-corrected chi connectivity index (χ0v) is 15.0. The van der Waals surface area contributed by atoms with Crippen molar-refractivity contribution in [2.75, 3.05) is 14.1 Å². The molecule has 2 rings (SSSR count). The molecule has 0 amide bonds. The number of benzene rings is 1. The smallest absolute Gasteiger partial charge is 0.192 e. The summed E-state index contributed by atoms with van der Waals surface area (Å²) in [6, 6.07) is 12.9. The first-order chi connectivity index (χ1) is 11.1. The lowest BCUT2D eigenvalue weighted by Gasteiger charge is -2.20. The molecule has 0 aliphatic carbocycles. The summed E-state index contributed by atoms with van der Waals surface area (Å²) in [5, 5.41) is 18.6. The summed E-state index contributed by atoms with van der Waals surface area (Å²) in [4.78, 5) is 1.33. The van der Waals surface area contributed by atoms with Crippen LogP contribution >= 0.6 is 11.8 Å². The van der Waals surface area contributed by atoms with E-state index in [0.29, 0.717) is 0 Å². The molecular weight excluding hydrogens is 306 g/mol. The maximum absolute atomic E-state index is 9.09. The van der Waals surface area contributed by atoms with Crippen molar-refractivity contribution in [2.45, 2.75) is 43.3 Å². The van der Waals surface area contributed by atoms with Crippen LogP contribution in [-0.2, 0) is 6.54 Å². The third-order valence-electron chi connectivity index (χ3n) is 3.81. The van der Waals surface area contributed by atoms with Gasteiger partial charge in [0.25, 0.3) is 0 Å². The first-order valence-corrected chi connectivity index (χ1v) is 8.78. The Morgan fingerprint density at radius 3 is 2.52 bits per heavy atom. The Morgan fingerprint density at radius 2 is 1.96 bits per heavy atom. The first kappa shape index (κ1) is 17.5. The quantitative estimate of drug-likeness (QED) is 0.788. The predicted octanol–water partition coefficient (Wildman–Crippen LogP) is 1.93. The molecule has 1 aromatic carbocycles. The molecule has 0 fully saturated rings. The van der Waals surface area contributed by atoms with Crippen LogP contribution in [0.3, 0.4) is 0 Å². The normalized spacial score (nSPS) is 13.7. The van der Waals surface area contributed by atoms with Gasteiger partial charge < -0.3 is 4.90 Å². The van der Waals surface area contributed by atoms with E-state index in [1.54, 1.807) is 0 Å². The Morgan fingerprint density at radius 1 is 1.26 bits per heavy atom. The highest BCUT2D eigenvalue weighted by atomic mass is 32.2. The number of nitriles is 1. The molecule has 0 saturated heterocycles. The molecule has 0 spiro atoms. The molecule has 0 aliphatic heterocycles. The molecule has 23 heavy (non-hydrogen) atoms. The van der Waals surface area contributed by atoms with E-state index in [1.807, 2.05) is 25.1 Å². The minimum atomic E-state index is -0.145. The second-order valence-corrected chi connectivity index (χ2v) is 7.15. The van der Waals surface area contributed by atoms with Crippen LogP contribution in [0.1, 0.15) is 37.7 Å². The fraction of sp³-hybridized carbons (Fsp3) is 0.471. The van der Waals surface area contributed by atoms with Crippen LogP contribution in [0.5, 0.6) is 0 Å². The molecule has 0 radical (unpaired) electrons. The lowest BCUT2D eigenvalue weighted by Crippen LogP contribution is -3.06. The minimum absolute atomic E-state index is 0.145. The summed E-state index contributed by atoms with van der Waals surface area (Å²) in [5.74, 6) is 0.990. The van der Waals surface area contributed by atoms with Crippen LogP contribution in [0.15, 0.2) is 35.5 Å². The van der Waals surface area contributed by atoms with Crippen LogP contribution in [0.2, 0.25) is 0 Å². The zero-order chi connectivity index (χ0) is 16.8. The number of thioether (sulfide) groups is 1. The minimum Gasteiger partial charge on any atom is -0.331 e. The van der Waals surface area contributed by atoms with E-state index in [-0.39, 0.29) is 11.3 Å². The van der Waals surface area contributed by atoms with Crippen molar-refractivity contribution in [1.82, 2.24) is 14.8 Å². The Balaban J connectivity index is 2.40. The number of hydrogen-bond donors (Lipinski definition) is 1. The van der Waals surface area contributed by atoms with E-state index >= 15 is 0 Å². The number of quaternary nitrogens is 1. The monoisotopic (exact) mass is 330 g/mol. The number of hydrogen-bond acceptors (Lipinski definition) is 4. The maximum Gasteiger partial charge on any atom is 0.192 e. The molecule has 0 unspecified atom stereocenters. The van der Waals surface area contributed by atoms with Gasteiger partial charge >= 0.3 is 0 Å². The second-order valence-electron chi connectivity index (χ2n) is 5.84. The van der Waals surface area contributed by atoms with Gasteiger partial charge in [0, 0.05) is 6.42 Å². The fourth-order valence-electron chi connectivity index (χ4n) is 2.59. The summed E-state index contributed by atoms with van der Waals surface area (Å²) in [6.45, 7) is 4.79. The van der Waals surface area contributed by atoms with Gasteiger partial charge in [0.2, 0.25) is 0 Å². The van der Waals surface area contributed by atoms with E-state index < -0.39 is 0 Å². The summed E-state index contributed by atoms with van der Waals surface area (Å²) in [6.07, 6.45) is 0.994. The van der Waals surface area contributed by atoms with E-state index in [0.717, 1.165) is 23.9 Å². The molecule has 1 N–H and O–H groups in total. The van der Waals surface area contributed by atoms with Gasteiger partial charge in [-0.3, -0.25) is 4.57 Å². The third kappa shape index (κ3) is 4.34. The van der Waals surface area contributed by atoms with Crippen LogP contribution in [0, 0.1) is 11.3 Å². The van der Waals surface area contributed by atoms with E-state index in [4.69, 9.17) is 5.26 Å². The largest absolute Gasteiger partial charge is 0.331 e. The number of nitrogens with zero attached hydrogens (tertiary/aromatic N) is 4. The standard InChI is InChI=1S/C17H23N5S/c1-5-15(21(3)4)16-19-20-17(23-13(2)11-18)22(16)12-14-9-7-6-8-10-14/h6-10,13,15H,5,12H2,1-4H3/p+1/t13-,15-/m1/s1. The molecule has 122 valence electrons. The average molecular weight is 330 g/mol. The van der Waals surface area contributed by atoms with Crippen LogP contribution in [0.4, 0.5) is 0 Å². The SMILES string of the molecule is CC[C@H](c1nnc(S[C@H](C)C#N)n1Cc1ccccc1)[NH+](C)C. The fourth-order valence-corrected chi connectivity index (χ4v) is 3.34. The zero-order valence-electron chi connectivity index (χ0n) is 14.2. The summed E-state index contributed by atoms with van der Waals surface area (Å²) in [5.41, 5.74) is 1.21. The average Bonchev–Trinajstić information content (AvgIpc) is 2.91. The van der Waals surface area contributed by atoms with Gasteiger partial charge in [-0.2, -0.15) is 5.26 Å². The highest BCUT2D eigenvalue weighted by molar-refractivity contribution is 8.00. The molecule has 2 atom stereocenters. The van der Waals surface area contributed by atoms with Gasteiger partial charge in [0.15, 0.2) is 11.0 Å².